The molecule has 0 spiro atoms. The van der Waals surface area contributed by atoms with Crippen molar-refractivity contribution < 1.29 is 9.47 Å². The van der Waals surface area contributed by atoms with Gasteiger partial charge in [0.1, 0.15) is 11.8 Å². The first-order valence-electron chi connectivity index (χ1n) is 9.24. The van der Waals surface area contributed by atoms with E-state index in [4.69, 9.17) is 9.47 Å². The molecule has 5 rings (SSSR count). The molecule has 1 aromatic carbocycles. The van der Waals surface area contributed by atoms with Gasteiger partial charge >= 0.3 is 0 Å². The molecule has 1 atom stereocenters. The van der Waals surface area contributed by atoms with Crippen LogP contribution in [0.25, 0.3) is 32.2 Å². The van der Waals surface area contributed by atoms with Crippen LogP contribution >= 0.6 is 11.3 Å². The molecule has 1 aliphatic heterocycles. The number of nitrogens with zero attached hydrogens (tertiary/aromatic N) is 3. The van der Waals surface area contributed by atoms with Crippen molar-refractivity contribution in [3.05, 3.63) is 48.0 Å². The van der Waals surface area contributed by atoms with Crippen LogP contribution < -0.4 is 5.32 Å². The molecule has 28 heavy (non-hydrogen) atoms. The number of benzene rings is 1. The fourth-order valence-corrected chi connectivity index (χ4v) is 4.28. The molecule has 6 nitrogen and oxygen atoms in total. The maximum atomic E-state index is 5.87. The number of hydrogen-bond acceptors (Lipinski definition) is 7. The molecule has 3 aromatic heterocycles. The zero-order valence-electron chi connectivity index (χ0n) is 15.7. The molecule has 4 aromatic rings. The highest BCUT2D eigenvalue weighted by Gasteiger charge is 2.32. The van der Waals surface area contributed by atoms with Crippen molar-refractivity contribution in [2.45, 2.75) is 25.7 Å². The van der Waals surface area contributed by atoms with Gasteiger partial charge in [0.15, 0.2) is 11.6 Å². The van der Waals surface area contributed by atoms with Crippen LogP contribution in [-0.2, 0) is 9.47 Å². The molecule has 1 aliphatic rings. The van der Waals surface area contributed by atoms with Gasteiger partial charge in [0.2, 0.25) is 0 Å². The largest absolute Gasteiger partial charge is 0.365 e. The number of pyridine rings is 1. The van der Waals surface area contributed by atoms with Crippen molar-refractivity contribution >= 4 is 38.1 Å². The maximum absolute atomic E-state index is 5.87. The second-order valence-electron chi connectivity index (χ2n) is 7.30. The topological polar surface area (TPSA) is 69.2 Å². The quantitative estimate of drug-likeness (QED) is 0.553. The van der Waals surface area contributed by atoms with Gasteiger partial charge < -0.3 is 14.8 Å². The van der Waals surface area contributed by atoms with Crippen LogP contribution in [0.5, 0.6) is 0 Å². The van der Waals surface area contributed by atoms with Crippen LogP contribution in [0.2, 0.25) is 0 Å². The summed E-state index contributed by atoms with van der Waals surface area (Å²) in [4.78, 5) is 4.55. The van der Waals surface area contributed by atoms with Crippen molar-refractivity contribution in [3.63, 3.8) is 0 Å². The molecule has 0 unspecified atom stereocenters. The van der Waals surface area contributed by atoms with E-state index in [1.165, 1.54) is 0 Å². The molecule has 0 amide bonds. The van der Waals surface area contributed by atoms with Crippen LogP contribution in [0.15, 0.2) is 48.0 Å². The van der Waals surface area contributed by atoms with Crippen molar-refractivity contribution in [1.82, 2.24) is 15.2 Å². The first-order valence-corrected chi connectivity index (χ1v) is 10.1. The Morgan fingerprint density at radius 3 is 2.86 bits per heavy atom. The lowest BCUT2D eigenvalue weighted by Gasteiger charge is -2.17. The normalized spacial score (nSPS) is 18.7. The molecule has 142 valence electrons. The smallest absolute Gasteiger partial charge is 0.163 e. The molecule has 0 aliphatic carbocycles. The molecule has 1 fully saturated rings. The molecule has 1 saturated heterocycles. The SMILES string of the molecule is CC1(C)OC[C@H](CNc2nnc(-c3cnc4ccsc4c3)c3ccccc23)O1. The van der Waals surface area contributed by atoms with Crippen molar-refractivity contribution in [1.29, 1.82) is 0 Å². The predicted octanol–water partition coefficient (Wildman–Crippen LogP) is 4.47. The summed E-state index contributed by atoms with van der Waals surface area (Å²) < 4.78 is 12.6. The van der Waals surface area contributed by atoms with Gasteiger partial charge in [-0.25, -0.2) is 0 Å². The lowest BCUT2D eigenvalue weighted by molar-refractivity contribution is -0.136. The Morgan fingerprint density at radius 2 is 2.04 bits per heavy atom. The van der Waals surface area contributed by atoms with Crippen molar-refractivity contribution in [2.75, 3.05) is 18.5 Å². The van der Waals surface area contributed by atoms with Gasteiger partial charge in [0.05, 0.1) is 16.8 Å². The minimum absolute atomic E-state index is 0.0133. The molecule has 0 bridgehead atoms. The summed E-state index contributed by atoms with van der Waals surface area (Å²) in [5.41, 5.74) is 2.82. The van der Waals surface area contributed by atoms with E-state index >= 15 is 0 Å². The van der Waals surface area contributed by atoms with E-state index in [9.17, 15) is 0 Å². The van der Waals surface area contributed by atoms with Gasteiger partial charge in [-0.15, -0.1) is 21.5 Å². The summed E-state index contributed by atoms with van der Waals surface area (Å²) in [6.45, 7) is 5.03. The number of aromatic nitrogens is 3. The van der Waals surface area contributed by atoms with E-state index in [0.717, 1.165) is 38.1 Å². The Morgan fingerprint density at radius 1 is 1.18 bits per heavy atom. The highest BCUT2D eigenvalue weighted by atomic mass is 32.1. The Kier molecular flexibility index (Phi) is 4.23. The first-order chi connectivity index (χ1) is 13.6. The Labute approximate surface area is 166 Å². The third kappa shape index (κ3) is 3.22. The van der Waals surface area contributed by atoms with Crippen LogP contribution in [0.4, 0.5) is 5.82 Å². The number of fused-ring (bicyclic) bond motifs is 2. The minimum atomic E-state index is -0.530. The van der Waals surface area contributed by atoms with Gasteiger partial charge in [-0.3, -0.25) is 4.98 Å². The average molecular weight is 392 g/mol. The fraction of sp³-hybridized carbons (Fsp3) is 0.286. The number of rotatable bonds is 4. The first kappa shape index (κ1) is 17.5. The third-order valence-corrected chi connectivity index (χ3v) is 5.68. The predicted molar refractivity (Wildman–Crippen MR) is 112 cm³/mol. The standard InChI is InChI=1S/C21H20N4O2S/c1-21(2)26-12-14(27-21)11-23-20-16-6-4-3-5-15(16)19(24-25-20)13-9-18-17(22-10-13)7-8-28-18/h3-10,14H,11-12H2,1-2H3,(H,23,25)/t14-/m0/s1. The average Bonchev–Trinajstić information content (AvgIpc) is 3.31. The van der Waals surface area contributed by atoms with Crippen molar-refractivity contribution in [3.8, 4) is 11.3 Å². The Bertz CT molecular complexity index is 1160. The number of anilines is 1. The summed E-state index contributed by atoms with van der Waals surface area (Å²) >= 11 is 1.68. The van der Waals surface area contributed by atoms with Crippen LogP contribution in [0.1, 0.15) is 13.8 Å². The molecule has 7 heteroatoms. The maximum Gasteiger partial charge on any atom is 0.163 e. The summed E-state index contributed by atoms with van der Waals surface area (Å²) in [7, 11) is 0. The van der Waals surface area contributed by atoms with Gasteiger partial charge in [-0.2, -0.15) is 0 Å². The minimum Gasteiger partial charge on any atom is -0.365 e. The van der Waals surface area contributed by atoms with E-state index < -0.39 is 5.79 Å². The van der Waals surface area contributed by atoms with E-state index in [2.05, 4.69) is 38.7 Å². The summed E-state index contributed by atoms with van der Waals surface area (Å²) in [5.74, 6) is 0.218. The number of thiophene rings is 1. The Hall–Kier alpha value is -2.61. The van der Waals surface area contributed by atoms with Crippen LogP contribution in [0, 0.1) is 0 Å². The van der Waals surface area contributed by atoms with Gasteiger partial charge in [-0.1, -0.05) is 24.3 Å². The highest BCUT2D eigenvalue weighted by Crippen LogP contribution is 2.32. The second kappa shape index (κ2) is 6.77. The van der Waals surface area contributed by atoms with E-state index in [1.807, 2.05) is 43.6 Å². The monoisotopic (exact) mass is 392 g/mol. The van der Waals surface area contributed by atoms with Gasteiger partial charge in [0, 0.05) is 29.1 Å². The molecule has 0 saturated carbocycles. The van der Waals surface area contributed by atoms with E-state index in [0.29, 0.717) is 13.2 Å². The molecule has 0 radical (unpaired) electrons. The second-order valence-corrected chi connectivity index (χ2v) is 8.25. The van der Waals surface area contributed by atoms with Crippen molar-refractivity contribution in [2.24, 2.45) is 0 Å². The lowest BCUT2D eigenvalue weighted by atomic mass is 10.1. The highest BCUT2D eigenvalue weighted by molar-refractivity contribution is 7.17. The number of nitrogens with one attached hydrogen (secondary N) is 1. The van der Waals surface area contributed by atoms with Crippen LogP contribution in [-0.4, -0.2) is 40.2 Å². The van der Waals surface area contributed by atoms with Crippen LogP contribution in [0.3, 0.4) is 0 Å². The number of hydrogen-bond donors (Lipinski definition) is 1. The Balaban J connectivity index is 1.48. The zero-order valence-corrected chi connectivity index (χ0v) is 16.5. The molecular weight excluding hydrogens is 372 g/mol. The summed E-state index contributed by atoms with van der Waals surface area (Å²) in [5, 5.41) is 16.5. The summed E-state index contributed by atoms with van der Waals surface area (Å²) in [6.07, 6.45) is 1.85. The molecule has 1 N–H and O–H groups in total. The zero-order chi connectivity index (χ0) is 19.1. The third-order valence-electron chi connectivity index (χ3n) is 4.83. The molecular formula is C21H20N4O2S. The van der Waals surface area contributed by atoms with E-state index in [-0.39, 0.29) is 6.10 Å². The van der Waals surface area contributed by atoms with Gasteiger partial charge in [0.25, 0.3) is 0 Å². The number of ether oxygens (including phenoxy) is 2. The lowest BCUT2D eigenvalue weighted by Crippen LogP contribution is -2.26. The van der Waals surface area contributed by atoms with E-state index in [1.54, 1.807) is 11.3 Å². The van der Waals surface area contributed by atoms with Gasteiger partial charge in [-0.05, 0) is 31.4 Å². The molecule has 4 heterocycles. The summed E-state index contributed by atoms with van der Waals surface area (Å²) in [6, 6.07) is 12.3. The fourth-order valence-electron chi connectivity index (χ4n) is 3.50.